The van der Waals surface area contributed by atoms with Gasteiger partial charge in [0.1, 0.15) is 0 Å². The van der Waals surface area contributed by atoms with Crippen molar-refractivity contribution in [2.45, 2.75) is 19.0 Å². The van der Waals surface area contributed by atoms with Crippen molar-refractivity contribution in [2.75, 3.05) is 18.0 Å². The molecule has 1 aromatic heterocycles. The number of nitrogens with one attached hydrogen (secondary N) is 1. The van der Waals surface area contributed by atoms with Crippen LogP contribution in [0, 0.1) is 9.52 Å². The molecular formula is C16H18ClFIN3. The van der Waals surface area contributed by atoms with Crippen LogP contribution in [0.5, 0.6) is 0 Å². The first kappa shape index (κ1) is 17.4. The van der Waals surface area contributed by atoms with Crippen LogP contribution < -0.4 is 10.2 Å². The minimum Gasteiger partial charge on any atom is -0.369 e. The highest BCUT2D eigenvalue weighted by molar-refractivity contribution is 14.1. The van der Waals surface area contributed by atoms with Crippen molar-refractivity contribution in [3.63, 3.8) is 0 Å². The summed E-state index contributed by atoms with van der Waals surface area (Å²) < 4.78 is 14.1. The average molecular weight is 434 g/mol. The maximum absolute atomic E-state index is 12.8. The van der Waals surface area contributed by atoms with Gasteiger partial charge < -0.3 is 10.2 Å². The van der Waals surface area contributed by atoms with Crippen LogP contribution in [0.4, 0.5) is 10.1 Å². The Morgan fingerprint density at radius 2 is 2.00 bits per heavy atom. The van der Waals surface area contributed by atoms with E-state index in [1.54, 1.807) is 12.3 Å². The van der Waals surface area contributed by atoms with Crippen molar-refractivity contribution in [3.05, 3.63) is 57.7 Å². The monoisotopic (exact) mass is 433 g/mol. The molecule has 1 fully saturated rings. The van der Waals surface area contributed by atoms with E-state index in [1.165, 1.54) is 15.2 Å². The summed E-state index contributed by atoms with van der Waals surface area (Å²) in [7, 11) is 0. The zero-order chi connectivity index (χ0) is 14.7. The van der Waals surface area contributed by atoms with E-state index in [9.17, 15) is 4.39 Å². The highest BCUT2D eigenvalue weighted by Gasteiger charge is 2.22. The van der Waals surface area contributed by atoms with E-state index in [0.29, 0.717) is 6.04 Å². The second-order valence-corrected chi connectivity index (χ2v) is 6.52. The highest BCUT2D eigenvalue weighted by Crippen LogP contribution is 2.19. The fraction of sp³-hybridized carbons (Fsp3) is 0.312. The van der Waals surface area contributed by atoms with E-state index in [4.69, 9.17) is 0 Å². The van der Waals surface area contributed by atoms with E-state index in [-0.39, 0.29) is 12.4 Å². The molecule has 1 aromatic carbocycles. The van der Waals surface area contributed by atoms with Crippen molar-refractivity contribution in [1.82, 2.24) is 10.3 Å². The number of halogens is 3. The number of aromatic nitrogens is 1. The molecule has 2 aromatic rings. The number of pyridine rings is 1. The summed E-state index contributed by atoms with van der Waals surface area (Å²) in [5, 5.41) is 3.59. The summed E-state index contributed by atoms with van der Waals surface area (Å²) in [4.78, 5) is 5.97. The Labute approximate surface area is 149 Å². The number of hydrogen-bond donors (Lipinski definition) is 1. The topological polar surface area (TPSA) is 28.2 Å². The molecule has 0 bridgehead atoms. The van der Waals surface area contributed by atoms with Crippen LogP contribution in [0.2, 0.25) is 0 Å². The first-order valence-corrected chi connectivity index (χ1v) is 8.13. The Bertz CT molecular complexity index is 591. The average Bonchev–Trinajstić information content (AvgIpc) is 2.96. The molecule has 2 heterocycles. The van der Waals surface area contributed by atoms with Gasteiger partial charge in [-0.25, -0.2) is 4.98 Å². The Morgan fingerprint density at radius 1 is 1.23 bits per heavy atom. The lowest BCUT2D eigenvalue weighted by Crippen LogP contribution is -2.32. The third-order valence-electron chi connectivity index (χ3n) is 3.77. The fourth-order valence-corrected chi connectivity index (χ4v) is 2.94. The number of nitrogens with zero attached hydrogens (tertiary/aromatic N) is 2. The molecule has 0 spiro atoms. The zero-order valence-electron chi connectivity index (χ0n) is 12.0. The molecular weight excluding hydrogens is 416 g/mol. The van der Waals surface area contributed by atoms with E-state index in [1.807, 2.05) is 0 Å². The summed E-state index contributed by atoms with van der Waals surface area (Å²) in [6.45, 7) is 2.81. The predicted octanol–water partition coefficient (Wildman–Crippen LogP) is 3.62. The van der Waals surface area contributed by atoms with Gasteiger partial charge in [-0.1, -0.05) is 12.1 Å². The van der Waals surface area contributed by atoms with Crippen LogP contribution in [0.15, 0.2) is 42.6 Å². The van der Waals surface area contributed by atoms with Crippen LogP contribution in [-0.4, -0.2) is 24.1 Å². The molecule has 22 heavy (non-hydrogen) atoms. The molecule has 0 radical (unpaired) electrons. The van der Waals surface area contributed by atoms with Gasteiger partial charge >= 0.3 is 0 Å². The third-order valence-corrected chi connectivity index (χ3v) is 4.49. The lowest BCUT2D eigenvalue weighted by atomic mass is 10.2. The molecule has 1 atom stereocenters. The molecule has 0 saturated carbocycles. The van der Waals surface area contributed by atoms with Crippen LogP contribution >= 0.6 is 35.0 Å². The number of hydrogen-bond acceptors (Lipinski definition) is 3. The summed E-state index contributed by atoms with van der Waals surface area (Å²) in [6, 6.07) is 12.3. The van der Waals surface area contributed by atoms with Crippen LogP contribution in [0.1, 0.15) is 12.0 Å². The van der Waals surface area contributed by atoms with Gasteiger partial charge in [-0.3, -0.25) is 0 Å². The molecule has 0 aliphatic carbocycles. The van der Waals surface area contributed by atoms with Crippen molar-refractivity contribution < 1.29 is 4.39 Å². The van der Waals surface area contributed by atoms with Gasteiger partial charge in [0.05, 0.1) is 11.9 Å². The van der Waals surface area contributed by atoms with E-state index in [2.05, 4.69) is 62.1 Å². The molecule has 118 valence electrons. The molecule has 1 aliphatic rings. The van der Waals surface area contributed by atoms with Gasteiger partial charge in [-0.2, -0.15) is 4.39 Å². The van der Waals surface area contributed by atoms with Crippen LogP contribution in [0.3, 0.4) is 0 Å². The van der Waals surface area contributed by atoms with E-state index >= 15 is 0 Å². The van der Waals surface area contributed by atoms with Gasteiger partial charge in [0.15, 0.2) is 0 Å². The maximum atomic E-state index is 12.8. The number of rotatable bonds is 4. The normalized spacial score (nSPS) is 17.4. The SMILES string of the molecule is Cl.Fc1ccc(N2CC[C@H](NCc3ccc(I)cc3)C2)cn1. The number of anilines is 1. The van der Waals surface area contributed by atoms with Crippen molar-refractivity contribution in [1.29, 1.82) is 0 Å². The molecule has 3 nitrogen and oxygen atoms in total. The minimum absolute atomic E-state index is 0. The van der Waals surface area contributed by atoms with E-state index in [0.717, 1.165) is 31.7 Å². The largest absolute Gasteiger partial charge is 0.369 e. The Kier molecular flexibility index (Phi) is 6.40. The highest BCUT2D eigenvalue weighted by atomic mass is 127. The Morgan fingerprint density at radius 3 is 2.68 bits per heavy atom. The molecule has 1 saturated heterocycles. The summed E-state index contributed by atoms with van der Waals surface area (Å²) in [5.41, 5.74) is 2.30. The quantitative estimate of drug-likeness (QED) is 0.590. The molecule has 0 unspecified atom stereocenters. The van der Waals surface area contributed by atoms with Gasteiger partial charge in [0.25, 0.3) is 0 Å². The van der Waals surface area contributed by atoms with Crippen molar-refractivity contribution in [2.24, 2.45) is 0 Å². The van der Waals surface area contributed by atoms with Crippen molar-refractivity contribution >= 4 is 40.7 Å². The van der Waals surface area contributed by atoms with Gasteiger partial charge in [-0.15, -0.1) is 12.4 Å². The van der Waals surface area contributed by atoms with Gasteiger partial charge in [0, 0.05) is 29.2 Å². The van der Waals surface area contributed by atoms with Crippen LogP contribution in [0.25, 0.3) is 0 Å². The molecule has 3 rings (SSSR count). The molecule has 6 heteroatoms. The fourth-order valence-electron chi connectivity index (χ4n) is 2.58. The predicted molar refractivity (Wildman–Crippen MR) is 98.1 cm³/mol. The standard InChI is InChI=1S/C16H17FIN3.ClH/c17-16-6-5-15(10-20-16)21-8-7-14(11-21)19-9-12-1-3-13(18)4-2-12;/h1-6,10,14,19H,7-9,11H2;1H/t14-;/m0./s1. The first-order chi connectivity index (χ1) is 10.2. The molecule has 1 aliphatic heterocycles. The van der Waals surface area contributed by atoms with Gasteiger partial charge in [-0.05, 0) is 58.8 Å². The summed E-state index contributed by atoms with van der Waals surface area (Å²) in [5.74, 6) is -0.425. The number of benzene rings is 1. The zero-order valence-corrected chi connectivity index (χ0v) is 15.0. The lowest BCUT2D eigenvalue weighted by molar-refractivity contribution is 0.551. The maximum Gasteiger partial charge on any atom is 0.212 e. The smallest absolute Gasteiger partial charge is 0.212 e. The van der Waals surface area contributed by atoms with Crippen LogP contribution in [-0.2, 0) is 6.54 Å². The first-order valence-electron chi connectivity index (χ1n) is 7.05. The second kappa shape index (κ2) is 8.08. The minimum atomic E-state index is -0.425. The third kappa shape index (κ3) is 4.54. The summed E-state index contributed by atoms with van der Waals surface area (Å²) in [6.07, 6.45) is 2.71. The van der Waals surface area contributed by atoms with Gasteiger partial charge in [0.2, 0.25) is 5.95 Å². The Hall–Kier alpha value is -0.920. The second-order valence-electron chi connectivity index (χ2n) is 5.28. The summed E-state index contributed by atoms with van der Waals surface area (Å²) >= 11 is 2.31. The molecule has 0 amide bonds. The Balaban J connectivity index is 0.00000176. The van der Waals surface area contributed by atoms with Crippen molar-refractivity contribution in [3.8, 4) is 0 Å². The van der Waals surface area contributed by atoms with E-state index < -0.39 is 5.95 Å². The lowest BCUT2D eigenvalue weighted by Gasteiger charge is -2.18. The molecule has 1 N–H and O–H groups in total.